The smallest absolute Gasteiger partial charge is 0.331 e. The number of aromatic amines is 1. The lowest BCUT2D eigenvalue weighted by Gasteiger charge is -2.18. The number of alkyl halides is 1. The minimum atomic E-state index is -1.91. The highest BCUT2D eigenvalue weighted by Crippen LogP contribution is 2.39. The normalized spacial score (nSPS) is 34.3. The van der Waals surface area contributed by atoms with Crippen molar-refractivity contribution >= 4 is 44.5 Å². The molecule has 2 aromatic rings. The van der Waals surface area contributed by atoms with Crippen molar-refractivity contribution < 1.29 is 17.3 Å². The SMILES string of the molecule is O=c1[nH]c(=O)n([C@@H]2O[C@H](CCl)[C@H]3OS(=O)O[C@H]32)c2ccsc12. The Hall–Kier alpha value is -1.04. The quantitative estimate of drug-likeness (QED) is 0.767. The highest BCUT2D eigenvalue weighted by atomic mass is 35.5. The van der Waals surface area contributed by atoms with E-state index < -0.39 is 47.2 Å². The molecule has 0 aliphatic carbocycles. The Balaban J connectivity index is 1.89. The van der Waals surface area contributed by atoms with Crippen molar-refractivity contribution in [3.63, 3.8) is 0 Å². The third kappa shape index (κ3) is 2.02. The van der Waals surface area contributed by atoms with Crippen LogP contribution in [0.25, 0.3) is 10.2 Å². The van der Waals surface area contributed by atoms with Crippen molar-refractivity contribution in [2.24, 2.45) is 0 Å². The maximum Gasteiger partial charge on any atom is 0.331 e. The van der Waals surface area contributed by atoms with Gasteiger partial charge in [0.1, 0.15) is 16.9 Å². The van der Waals surface area contributed by atoms with Gasteiger partial charge in [-0.1, -0.05) is 0 Å². The van der Waals surface area contributed by atoms with Crippen LogP contribution in [0.5, 0.6) is 0 Å². The summed E-state index contributed by atoms with van der Waals surface area (Å²) in [5.41, 5.74) is -0.656. The van der Waals surface area contributed by atoms with Gasteiger partial charge in [0.15, 0.2) is 12.3 Å². The monoisotopic (exact) mass is 364 g/mol. The number of nitrogens with one attached hydrogen (secondary N) is 1. The molecule has 5 atom stereocenters. The van der Waals surface area contributed by atoms with E-state index in [1.54, 1.807) is 11.4 Å². The Morgan fingerprint density at radius 1 is 1.36 bits per heavy atom. The van der Waals surface area contributed by atoms with Crippen LogP contribution in [0.1, 0.15) is 6.23 Å². The molecular weight excluding hydrogens is 356 g/mol. The Kier molecular flexibility index (Phi) is 3.47. The van der Waals surface area contributed by atoms with E-state index >= 15 is 0 Å². The van der Waals surface area contributed by atoms with Gasteiger partial charge >= 0.3 is 17.1 Å². The van der Waals surface area contributed by atoms with Crippen LogP contribution in [0, 0.1) is 0 Å². The van der Waals surface area contributed by atoms with Crippen molar-refractivity contribution in [3.8, 4) is 0 Å². The van der Waals surface area contributed by atoms with Gasteiger partial charge < -0.3 is 4.74 Å². The summed E-state index contributed by atoms with van der Waals surface area (Å²) in [6.07, 6.45) is -2.80. The average Bonchev–Trinajstić information content (AvgIpc) is 3.14. The summed E-state index contributed by atoms with van der Waals surface area (Å²) in [5.74, 6) is 0.100. The number of fused-ring (bicyclic) bond motifs is 2. The summed E-state index contributed by atoms with van der Waals surface area (Å²) in [6.45, 7) is 0. The zero-order chi connectivity index (χ0) is 15.4. The molecule has 1 unspecified atom stereocenters. The van der Waals surface area contributed by atoms with Gasteiger partial charge in [-0.05, 0) is 11.4 Å². The zero-order valence-corrected chi connectivity index (χ0v) is 13.2. The number of hydrogen-bond donors (Lipinski definition) is 1. The van der Waals surface area contributed by atoms with Crippen LogP contribution in [-0.4, -0.2) is 38.0 Å². The van der Waals surface area contributed by atoms with Crippen molar-refractivity contribution in [1.82, 2.24) is 9.55 Å². The van der Waals surface area contributed by atoms with Gasteiger partial charge in [-0.15, -0.1) is 22.9 Å². The third-order valence-corrected chi connectivity index (χ3v) is 5.59. The fraction of sp³-hybridized carbons (Fsp3) is 0.455. The third-order valence-electron chi connectivity index (χ3n) is 3.62. The molecule has 1 N–H and O–H groups in total. The lowest BCUT2D eigenvalue weighted by molar-refractivity contribution is -0.0266. The van der Waals surface area contributed by atoms with Crippen molar-refractivity contribution in [3.05, 3.63) is 32.3 Å². The second-order valence-corrected chi connectivity index (χ2v) is 6.83. The first-order valence-corrected chi connectivity index (χ1v) is 8.71. The van der Waals surface area contributed by atoms with E-state index in [-0.39, 0.29) is 5.88 Å². The largest absolute Gasteiger partial charge is 0.348 e. The van der Waals surface area contributed by atoms with Gasteiger partial charge in [0.05, 0.1) is 11.4 Å². The van der Waals surface area contributed by atoms with Gasteiger partial charge in [-0.3, -0.25) is 22.7 Å². The second kappa shape index (κ2) is 5.25. The molecule has 4 heterocycles. The highest BCUT2D eigenvalue weighted by molar-refractivity contribution is 7.75. The molecule has 2 fully saturated rings. The number of H-pyrrole nitrogens is 1. The topological polar surface area (TPSA) is 99.6 Å². The Labute approximate surface area is 134 Å². The second-order valence-electron chi connectivity index (χ2n) is 4.81. The molecule has 4 rings (SSSR count). The minimum absolute atomic E-state index is 0.100. The lowest BCUT2D eigenvalue weighted by atomic mass is 10.1. The molecular formula is C11H9ClN2O6S2. The molecule has 0 amide bonds. The summed E-state index contributed by atoms with van der Waals surface area (Å²) in [4.78, 5) is 26.3. The van der Waals surface area contributed by atoms with E-state index in [2.05, 4.69) is 4.98 Å². The van der Waals surface area contributed by atoms with Gasteiger partial charge in [-0.25, -0.2) is 4.79 Å². The van der Waals surface area contributed by atoms with Gasteiger partial charge in [0.25, 0.3) is 5.56 Å². The van der Waals surface area contributed by atoms with Crippen LogP contribution in [0.2, 0.25) is 0 Å². The van der Waals surface area contributed by atoms with Crippen LogP contribution in [-0.2, 0) is 24.5 Å². The number of halogens is 1. The van der Waals surface area contributed by atoms with E-state index in [1.807, 2.05) is 0 Å². The lowest BCUT2D eigenvalue weighted by Crippen LogP contribution is -2.37. The zero-order valence-electron chi connectivity index (χ0n) is 10.8. The van der Waals surface area contributed by atoms with Gasteiger partial charge in [0.2, 0.25) is 0 Å². The number of thiophene rings is 1. The average molecular weight is 365 g/mol. The molecule has 2 aliphatic rings. The summed E-state index contributed by atoms with van der Waals surface area (Å²) >= 11 is 5.14. The molecule has 8 nitrogen and oxygen atoms in total. The van der Waals surface area contributed by atoms with E-state index in [0.717, 1.165) is 0 Å². The summed E-state index contributed by atoms with van der Waals surface area (Å²) in [7, 11) is 0. The van der Waals surface area contributed by atoms with E-state index in [0.29, 0.717) is 10.2 Å². The molecule has 118 valence electrons. The van der Waals surface area contributed by atoms with Crippen LogP contribution in [0.4, 0.5) is 0 Å². The number of ether oxygens (including phenoxy) is 1. The fourth-order valence-corrected chi connectivity index (χ4v) is 4.57. The summed E-state index contributed by atoms with van der Waals surface area (Å²) < 4.78 is 29.3. The van der Waals surface area contributed by atoms with Crippen molar-refractivity contribution in [2.45, 2.75) is 24.5 Å². The van der Waals surface area contributed by atoms with E-state index in [9.17, 15) is 13.8 Å². The molecule has 2 aliphatic heterocycles. The molecule has 0 saturated carbocycles. The minimum Gasteiger partial charge on any atom is -0.348 e. The van der Waals surface area contributed by atoms with Crippen LogP contribution in [0.3, 0.4) is 0 Å². The molecule has 0 spiro atoms. The first-order valence-electron chi connectivity index (χ1n) is 6.29. The predicted octanol–water partition coefficient (Wildman–Crippen LogP) is 0.250. The molecule has 2 aromatic heterocycles. The molecule has 0 aromatic carbocycles. The predicted molar refractivity (Wildman–Crippen MR) is 79.2 cm³/mol. The summed E-state index contributed by atoms with van der Waals surface area (Å²) in [5, 5.41) is 1.70. The molecule has 22 heavy (non-hydrogen) atoms. The highest BCUT2D eigenvalue weighted by Gasteiger charge is 2.54. The van der Waals surface area contributed by atoms with Crippen LogP contribution >= 0.6 is 22.9 Å². The molecule has 0 bridgehead atoms. The number of nitrogens with zero attached hydrogens (tertiary/aromatic N) is 1. The van der Waals surface area contributed by atoms with Crippen molar-refractivity contribution in [1.29, 1.82) is 0 Å². The van der Waals surface area contributed by atoms with Gasteiger partial charge in [-0.2, -0.15) is 4.21 Å². The van der Waals surface area contributed by atoms with Crippen molar-refractivity contribution in [2.75, 3.05) is 5.88 Å². The van der Waals surface area contributed by atoms with E-state index in [4.69, 9.17) is 24.7 Å². The van der Waals surface area contributed by atoms with Crippen LogP contribution in [0.15, 0.2) is 21.0 Å². The molecule has 2 saturated heterocycles. The maximum absolute atomic E-state index is 12.2. The van der Waals surface area contributed by atoms with E-state index in [1.165, 1.54) is 15.9 Å². The number of hydrogen-bond acceptors (Lipinski definition) is 7. The first kappa shape index (κ1) is 14.5. The first-order chi connectivity index (χ1) is 10.6. The summed E-state index contributed by atoms with van der Waals surface area (Å²) in [6, 6.07) is 1.65. The number of aromatic nitrogens is 2. The molecule has 11 heteroatoms. The molecule has 0 radical (unpaired) electrons. The standard InChI is InChI=1S/C11H9ClN2O6S2/c12-3-5-6-7(20-22(17)19-6)10(18-5)14-4-1-2-21-8(4)9(15)13-11(14)16/h1-2,5-7,10H,3H2,(H,13,15,16)/t5-,6-,7-,10-,22?/m1/s1. The van der Waals surface area contributed by atoms with Gasteiger partial charge in [0, 0.05) is 0 Å². The number of rotatable bonds is 2. The van der Waals surface area contributed by atoms with Crippen LogP contribution < -0.4 is 11.2 Å². The Morgan fingerprint density at radius 3 is 2.91 bits per heavy atom. The maximum atomic E-state index is 12.2. The Bertz CT molecular complexity index is 875. The Morgan fingerprint density at radius 2 is 2.14 bits per heavy atom. The fourth-order valence-electron chi connectivity index (χ4n) is 2.70.